The topological polar surface area (TPSA) is 30.7 Å². The maximum absolute atomic E-state index is 5.18. The normalized spacial score (nSPS) is 12.4. The zero-order valence-corrected chi connectivity index (χ0v) is 21.4. The summed E-state index contributed by atoms with van der Waals surface area (Å²) in [4.78, 5) is 10.4. The predicted octanol–water partition coefficient (Wildman–Crippen LogP) is 8.67. The highest BCUT2D eigenvalue weighted by atomic mass is 15.2. The van der Waals surface area contributed by atoms with E-state index in [1.165, 1.54) is 33.0 Å². The van der Waals surface area contributed by atoms with Crippen molar-refractivity contribution >= 4 is 21.8 Å². The van der Waals surface area contributed by atoms with Crippen LogP contribution in [0.3, 0.4) is 0 Å². The standard InChI is InChI=1S/C36H25N3/c1-3-12-25(13-4-1)32-23-33(26-14-5-2-6-15-26)38-36(37-32)39-34-18-10-9-17-29(34)31-21-27-20-19-24-11-7-8-16-28(24)30(27)22-35(31)39/h1-18,21-23H,19-20H2. The maximum atomic E-state index is 5.18. The molecule has 0 radical (unpaired) electrons. The largest absolute Gasteiger partial charge is 0.278 e. The summed E-state index contributed by atoms with van der Waals surface area (Å²) in [5, 5.41) is 2.47. The molecular formula is C36H25N3. The smallest absolute Gasteiger partial charge is 0.235 e. The summed E-state index contributed by atoms with van der Waals surface area (Å²) >= 11 is 0. The van der Waals surface area contributed by atoms with Crippen LogP contribution in [0.1, 0.15) is 11.1 Å². The Hall–Kier alpha value is -5.02. The van der Waals surface area contributed by atoms with Gasteiger partial charge in [-0.25, -0.2) is 9.97 Å². The third-order valence-electron chi connectivity index (χ3n) is 7.92. The van der Waals surface area contributed by atoms with E-state index < -0.39 is 0 Å². The molecule has 0 amide bonds. The van der Waals surface area contributed by atoms with Crippen LogP contribution in [0.25, 0.3) is 61.4 Å². The fraction of sp³-hybridized carbons (Fsp3) is 0.0556. The molecule has 0 saturated heterocycles. The molecule has 5 aromatic carbocycles. The Bertz CT molecular complexity index is 1950. The van der Waals surface area contributed by atoms with Crippen LogP contribution in [0.5, 0.6) is 0 Å². The van der Waals surface area contributed by atoms with Gasteiger partial charge in [0.05, 0.1) is 22.4 Å². The van der Waals surface area contributed by atoms with Crippen molar-refractivity contribution in [2.24, 2.45) is 0 Å². The summed E-state index contributed by atoms with van der Waals surface area (Å²) in [5.74, 6) is 0.686. The predicted molar refractivity (Wildman–Crippen MR) is 160 cm³/mol. The van der Waals surface area contributed by atoms with Crippen molar-refractivity contribution in [2.75, 3.05) is 0 Å². The van der Waals surface area contributed by atoms with Gasteiger partial charge in [-0.1, -0.05) is 103 Å². The highest BCUT2D eigenvalue weighted by molar-refractivity contribution is 6.10. The molecule has 0 aliphatic heterocycles. The Labute approximate surface area is 227 Å². The van der Waals surface area contributed by atoms with Gasteiger partial charge in [-0.15, -0.1) is 0 Å². The van der Waals surface area contributed by atoms with Gasteiger partial charge in [0.2, 0.25) is 5.95 Å². The van der Waals surface area contributed by atoms with Crippen molar-refractivity contribution in [1.82, 2.24) is 14.5 Å². The molecule has 0 fully saturated rings. The highest BCUT2D eigenvalue weighted by Crippen LogP contribution is 2.40. The fourth-order valence-electron chi connectivity index (χ4n) is 6.05. The van der Waals surface area contributed by atoms with Crippen molar-refractivity contribution in [1.29, 1.82) is 0 Å². The molecule has 39 heavy (non-hydrogen) atoms. The third kappa shape index (κ3) is 3.58. The van der Waals surface area contributed by atoms with E-state index in [0.717, 1.165) is 46.4 Å². The molecule has 0 spiro atoms. The number of nitrogens with zero attached hydrogens (tertiary/aromatic N) is 3. The van der Waals surface area contributed by atoms with Crippen molar-refractivity contribution in [2.45, 2.75) is 12.8 Å². The van der Waals surface area contributed by atoms with Crippen molar-refractivity contribution < 1.29 is 0 Å². The first kappa shape index (κ1) is 22.0. The van der Waals surface area contributed by atoms with Gasteiger partial charge in [0.1, 0.15) is 0 Å². The van der Waals surface area contributed by atoms with Gasteiger partial charge in [0.25, 0.3) is 0 Å². The molecule has 184 valence electrons. The van der Waals surface area contributed by atoms with Gasteiger partial charge in [-0.3, -0.25) is 4.57 Å². The second-order valence-corrected chi connectivity index (χ2v) is 10.2. The van der Waals surface area contributed by atoms with Crippen LogP contribution in [0.4, 0.5) is 0 Å². The Morgan fingerprint density at radius 2 is 1.08 bits per heavy atom. The summed E-state index contributed by atoms with van der Waals surface area (Å²) in [5.41, 5.74) is 11.7. The van der Waals surface area contributed by atoms with E-state index in [1.54, 1.807) is 0 Å². The van der Waals surface area contributed by atoms with Gasteiger partial charge in [-0.05, 0) is 59.4 Å². The second kappa shape index (κ2) is 8.78. The molecule has 3 nitrogen and oxygen atoms in total. The molecule has 1 aliphatic rings. The highest BCUT2D eigenvalue weighted by Gasteiger charge is 2.21. The minimum absolute atomic E-state index is 0.686. The van der Waals surface area contributed by atoms with Gasteiger partial charge < -0.3 is 0 Å². The van der Waals surface area contributed by atoms with Gasteiger partial charge >= 0.3 is 0 Å². The van der Waals surface area contributed by atoms with Crippen LogP contribution in [0.2, 0.25) is 0 Å². The summed E-state index contributed by atoms with van der Waals surface area (Å²) in [6.07, 6.45) is 2.13. The zero-order valence-electron chi connectivity index (χ0n) is 21.4. The Morgan fingerprint density at radius 1 is 0.462 bits per heavy atom. The first-order valence-electron chi connectivity index (χ1n) is 13.5. The van der Waals surface area contributed by atoms with Gasteiger partial charge in [0, 0.05) is 21.9 Å². The maximum Gasteiger partial charge on any atom is 0.235 e. The van der Waals surface area contributed by atoms with E-state index in [4.69, 9.17) is 9.97 Å². The molecule has 0 N–H and O–H groups in total. The summed E-state index contributed by atoms with van der Waals surface area (Å²) in [6.45, 7) is 0. The number of para-hydroxylation sites is 1. The number of hydrogen-bond donors (Lipinski definition) is 0. The number of rotatable bonds is 3. The van der Waals surface area contributed by atoms with Crippen LogP contribution in [0.15, 0.2) is 127 Å². The first-order chi connectivity index (χ1) is 19.3. The SMILES string of the molecule is c1ccc(-c2cc(-c3ccccc3)nc(-n3c4ccccc4c4cc5c(cc43)-c3ccccc3CC5)n2)cc1. The fourth-order valence-corrected chi connectivity index (χ4v) is 6.05. The Kier molecular flexibility index (Phi) is 4.95. The molecule has 1 aliphatic carbocycles. The van der Waals surface area contributed by atoms with Crippen molar-refractivity contribution in [3.05, 3.63) is 139 Å². The molecule has 0 bridgehead atoms. The molecule has 3 heteroatoms. The van der Waals surface area contributed by atoms with Gasteiger partial charge in [0.15, 0.2) is 0 Å². The number of fused-ring (bicyclic) bond motifs is 6. The average Bonchev–Trinajstić information content (AvgIpc) is 3.34. The first-order valence-corrected chi connectivity index (χ1v) is 13.5. The van der Waals surface area contributed by atoms with E-state index >= 15 is 0 Å². The number of aromatic nitrogens is 3. The lowest BCUT2D eigenvalue weighted by Gasteiger charge is -2.20. The van der Waals surface area contributed by atoms with Crippen LogP contribution >= 0.6 is 0 Å². The van der Waals surface area contributed by atoms with Crippen LogP contribution < -0.4 is 0 Å². The minimum atomic E-state index is 0.686. The zero-order chi connectivity index (χ0) is 25.8. The van der Waals surface area contributed by atoms with Crippen LogP contribution in [-0.2, 0) is 12.8 Å². The molecule has 0 saturated carbocycles. The third-order valence-corrected chi connectivity index (χ3v) is 7.92. The summed E-state index contributed by atoms with van der Waals surface area (Å²) < 4.78 is 2.25. The van der Waals surface area contributed by atoms with Crippen molar-refractivity contribution in [3.63, 3.8) is 0 Å². The molecule has 8 rings (SSSR count). The van der Waals surface area contributed by atoms with Crippen LogP contribution in [0, 0.1) is 0 Å². The lowest BCUT2D eigenvalue weighted by molar-refractivity contribution is 0.943. The van der Waals surface area contributed by atoms with Crippen LogP contribution in [-0.4, -0.2) is 14.5 Å². The molecule has 0 unspecified atom stereocenters. The van der Waals surface area contributed by atoms with Crippen molar-refractivity contribution in [3.8, 4) is 39.6 Å². The number of hydrogen-bond acceptors (Lipinski definition) is 2. The van der Waals surface area contributed by atoms with E-state index in [-0.39, 0.29) is 0 Å². The molecule has 7 aromatic rings. The molecular weight excluding hydrogens is 474 g/mol. The Morgan fingerprint density at radius 3 is 1.82 bits per heavy atom. The van der Waals surface area contributed by atoms with E-state index in [0.29, 0.717) is 5.95 Å². The number of benzene rings is 5. The average molecular weight is 500 g/mol. The van der Waals surface area contributed by atoms with E-state index in [2.05, 4.69) is 120 Å². The van der Waals surface area contributed by atoms with Gasteiger partial charge in [-0.2, -0.15) is 0 Å². The van der Waals surface area contributed by atoms with E-state index in [9.17, 15) is 0 Å². The quantitative estimate of drug-likeness (QED) is 0.243. The second-order valence-electron chi connectivity index (χ2n) is 10.2. The monoisotopic (exact) mass is 499 g/mol. The summed E-state index contributed by atoms with van der Waals surface area (Å²) in [7, 11) is 0. The van der Waals surface area contributed by atoms with E-state index in [1.807, 2.05) is 12.1 Å². The molecule has 0 atom stereocenters. The number of aryl methyl sites for hydroxylation is 2. The Balaban J connectivity index is 1.45. The molecule has 2 heterocycles. The summed E-state index contributed by atoms with van der Waals surface area (Å²) in [6, 6.07) is 45.1. The molecule has 2 aromatic heterocycles. The lowest BCUT2D eigenvalue weighted by atomic mass is 9.85. The minimum Gasteiger partial charge on any atom is -0.278 e. The lowest BCUT2D eigenvalue weighted by Crippen LogP contribution is -2.06.